The van der Waals surface area contributed by atoms with Crippen molar-refractivity contribution in [3.8, 4) is 17.3 Å². The Bertz CT molecular complexity index is 1030. The van der Waals surface area contributed by atoms with E-state index in [1.165, 1.54) is 13.1 Å². The summed E-state index contributed by atoms with van der Waals surface area (Å²) in [6, 6.07) is 9.79. The van der Waals surface area contributed by atoms with Gasteiger partial charge in [0.05, 0.1) is 48.8 Å². The largest absolute Gasteiger partial charge is 0.466 e. The molecule has 148 valence electrons. The van der Waals surface area contributed by atoms with Crippen molar-refractivity contribution in [1.29, 1.82) is 5.26 Å². The van der Waals surface area contributed by atoms with Crippen LogP contribution in [0.4, 0.5) is 11.6 Å². The summed E-state index contributed by atoms with van der Waals surface area (Å²) in [5.74, 6) is 0.122. The van der Waals surface area contributed by atoms with E-state index < -0.39 is 0 Å². The zero-order valence-corrected chi connectivity index (χ0v) is 16.6. The standard InChI is InChI=1S/C20H19ClN6O2/c1-14(28)29-10-7-15-3-5-17(6-4-15)25-20-23-12-18(21)19(26-20)16-11-24-27(13-16)9-2-8-22/h3-6,11-13H,2,7,9-10H2,1H3,(H,23,25,26). The summed E-state index contributed by atoms with van der Waals surface area (Å²) >= 11 is 6.26. The van der Waals surface area contributed by atoms with E-state index in [0.717, 1.165) is 16.8 Å². The third kappa shape index (κ3) is 5.77. The van der Waals surface area contributed by atoms with E-state index in [-0.39, 0.29) is 5.97 Å². The van der Waals surface area contributed by atoms with Gasteiger partial charge in [0.15, 0.2) is 0 Å². The highest BCUT2D eigenvalue weighted by molar-refractivity contribution is 6.32. The Labute approximate surface area is 173 Å². The second kappa shape index (κ2) is 9.66. The maximum atomic E-state index is 10.8. The fourth-order valence-corrected chi connectivity index (χ4v) is 2.80. The van der Waals surface area contributed by atoms with Crippen molar-refractivity contribution in [1.82, 2.24) is 19.7 Å². The van der Waals surface area contributed by atoms with Crippen LogP contribution >= 0.6 is 11.6 Å². The SMILES string of the molecule is CC(=O)OCCc1ccc(Nc2ncc(Cl)c(-c3cnn(CCC#N)c3)n2)cc1. The van der Waals surface area contributed by atoms with Crippen LogP contribution in [0, 0.1) is 11.3 Å². The maximum Gasteiger partial charge on any atom is 0.302 e. The molecule has 3 aromatic rings. The van der Waals surface area contributed by atoms with Gasteiger partial charge in [-0.25, -0.2) is 9.97 Å². The molecule has 9 heteroatoms. The van der Waals surface area contributed by atoms with Gasteiger partial charge >= 0.3 is 5.97 Å². The summed E-state index contributed by atoms with van der Waals surface area (Å²) < 4.78 is 6.63. The Morgan fingerprint density at radius 2 is 2.10 bits per heavy atom. The fourth-order valence-electron chi connectivity index (χ4n) is 2.60. The number of carbonyl (C=O) groups is 1. The zero-order chi connectivity index (χ0) is 20.6. The Kier molecular flexibility index (Phi) is 6.76. The van der Waals surface area contributed by atoms with E-state index in [0.29, 0.717) is 42.7 Å². The van der Waals surface area contributed by atoms with Crippen molar-refractivity contribution in [2.75, 3.05) is 11.9 Å². The number of hydrogen-bond acceptors (Lipinski definition) is 7. The minimum Gasteiger partial charge on any atom is -0.466 e. The molecule has 0 spiro atoms. The molecule has 2 heterocycles. The van der Waals surface area contributed by atoms with Crippen LogP contribution < -0.4 is 5.32 Å². The third-order valence-corrected chi connectivity index (χ3v) is 4.29. The zero-order valence-electron chi connectivity index (χ0n) is 15.8. The smallest absolute Gasteiger partial charge is 0.302 e. The molecule has 2 aromatic heterocycles. The van der Waals surface area contributed by atoms with E-state index >= 15 is 0 Å². The fraction of sp³-hybridized carbons (Fsp3) is 0.250. The molecule has 0 amide bonds. The van der Waals surface area contributed by atoms with Gasteiger partial charge in [-0.3, -0.25) is 9.48 Å². The van der Waals surface area contributed by atoms with Crippen LogP contribution in [0.3, 0.4) is 0 Å². The van der Waals surface area contributed by atoms with Crippen molar-refractivity contribution >= 4 is 29.2 Å². The van der Waals surface area contributed by atoms with E-state index in [9.17, 15) is 4.79 Å². The van der Waals surface area contributed by atoms with Crippen molar-refractivity contribution in [2.24, 2.45) is 0 Å². The van der Waals surface area contributed by atoms with Crippen molar-refractivity contribution in [3.05, 3.63) is 53.4 Å². The molecule has 1 aromatic carbocycles. The van der Waals surface area contributed by atoms with Crippen molar-refractivity contribution in [2.45, 2.75) is 26.3 Å². The quantitative estimate of drug-likeness (QED) is 0.563. The number of aromatic nitrogens is 4. The average molecular weight is 411 g/mol. The molecule has 0 saturated carbocycles. The summed E-state index contributed by atoms with van der Waals surface area (Å²) in [5, 5.41) is 16.5. The van der Waals surface area contributed by atoms with Crippen LogP contribution in [0.2, 0.25) is 5.02 Å². The number of nitriles is 1. The molecule has 0 aliphatic carbocycles. The number of benzene rings is 1. The van der Waals surface area contributed by atoms with E-state index in [1.54, 1.807) is 17.1 Å². The third-order valence-electron chi connectivity index (χ3n) is 4.01. The topological polar surface area (TPSA) is 106 Å². The number of nitrogens with zero attached hydrogens (tertiary/aromatic N) is 5. The molecule has 0 bridgehead atoms. The first-order chi connectivity index (χ1) is 14.0. The molecular weight excluding hydrogens is 392 g/mol. The highest BCUT2D eigenvalue weighted by Gasteiger charge is 2.11. The van der Waals surface area contributed by atoms with E-state index in [2.05, 4.69) is 26.5 Å². The number of nitrogens with one attached hydrogen (secondary N) is 1. The minimum atomic E-state index is -0.283. The normalized spacial score (nSPS) is 10.4. The lowest BCUT2D eigenvalue weighted by Gasteiger charge is -2.08. The van der Waals surface area contributed by atoms with Crippen LogP contribution in [0.15, 0.2) is 42.9 Å². The van der Waals surface area contributed by atoms with Crippen LogP contribution in [-0.2, 0) is 22.5 Å². The first-order valence-corrected chi connectivity index (χ1v) is 9.34. The molecule has 0 unspecified atom stereocenters. The van der Waals surface area contributed by atoms with Gasteiger partial charge in [-0.2, -0.15) is 10.4 Å². The minimum absolute atomic E-state index is 0.283. The molecule has 0 radical (unpaired) electrons. The van der Waals surface area contributed by atoms with Gasteiger partial charge in [0.1, 0.15) is 0 Å². The van der Waals surface area contributed by atoms with Gasteiger partial charge in [-0.1, -0.05) is 23.7 Å². The molecular formula is C20H19ClN6O2. The molecule has 8 nitrogen and oxygen atoms in total. The summed E-state index contributed by atoms with van der Waals surface area (Å²) in [6.07, 6.45) is 6.02. The number of aryl methyl sites for hydroxylation is 1. The summed E-state index contributed by atoms with van der Waals surface area (Å²) in [7, 11) is 0. The van der Waals surface area contributed by atoms with Crippen molar-refractivity contribution in [3.63, 3.8) is 0 Å². The highest BCUT2D eigenvalue weighted by atomic mass is 35.5. The molecule has 29 heavy (non-hydrogen) atoms. The molecule has 0 atom stereocenters. The van der Waals surface area contributed by atoms with Crippen molar-refractivity contribution < 1.29 is 9.53 Å². The van der Waals surface area contributed by atoms with E-state index in [4.69, 9.17) is 21.6 Å². The second-order valence-electron chi connectivity index (χ2n) is 6.20. The molecule has 0 aliphatic rings. The van der Waals surface area contributed by atoms with Gasteiger partial charge in [-0.15, -0.1) is 0 Å². The predicted octanol–water partition coefficient (Wildman–Crippen LogP) is 3.76. The summed E-state index contributed by atoms with van der Waals surface area (Å²) in [4.78, 5) is 19.5. The van der Waals surface area contributed by atoms with Crippen LogP contribution in [-0.4, -0.2) is 32.3 Å². The molecule has 0 aliphatic heterocycles. The first-order valence-electron chi connectivity index (χ1n) is 8.97. The number of anilines is 2. The maximum absolute atomic E-state index is 10.8. The number of halogens is 1. The molecule has 1 N–H and O–H groups in total. The monoisotopic (exact) mass is 410 g/mol. The lowest BCUT2D eigenvalue weighted by Crippen LogP contribution is -2.03. The Hall–Kier alpha value is -3.44. The number of esters is 1. The number of rotatable bonds is 8. The number of carbonyl (C=O) groups excluding carboxylic acids is 1. The average Bonchev–Trinajstić information content (AvgIpc) is 3.17. The van der Waals surface area contributed by atoms with Gasteiger partial charge < -0.3 is 10.1 Å². The Morgan fingerprint density at radius 1 is 1.31 bits per heavy atom. The van der Waals surface area contributed by atoms with Gasteiger partial charge in [0.25, 0.3) is 0 Å². The second-order valence-corrected chi connectivity index (χ2v) is 6.61. The van der Waals surface area contributed by atoms with Gasteiger partial charge in [0, 0.05) is 30.8 Å². The van der Waals surface area contributed by atoms with Gasteiger partial charge in [-0.05, 0) is 17.7 Å². The Morgan fingerprint density at radius 3 is 2.83 bits per heavy atom. The predicted molar refractivity (Wildman–Crippen MR) is 109 cm³/mol. The molecule has 0 saturated heterocycles. The van der Waals surface area contributed by atoms with E-state index in [1.807, 2.05) is 24.3 Å². The lowest BCUT2D eigenvalue weighted by atomic mass is 10.1. The number of hydrogen-bond donors (Lipinski definition) is 1. The number of ether oxygens (including phenoxy) is 1. The van der Waals surface area contributed by atoms with Crippen LogP contribution in [0.25, 0.3) is 11.3 Å². The molecule has 3 rings (SSSR count). The highest BCUT2D eigenvalue weighted by Crippen LogP contribution is 2.26. The molecule has 0 fully saturated rings. The summed E-state index contributed by atoms with van der Waals surface area (Å²) in [5.41, 5.74) is 3.18. The Balaban J connectivity index is 1.69. The summed E-state index contributed by atoms with van der Waals surface area (Å²) in [6.45, 7) is 2.26. The van der Waals surface area contributed by atoms with Gasteiger partial charge in [0.2, 0.25) is 5.95 Å². The van der Waals surface area contributed by atoms with Crippen LogP contribution in [0.1, 0.15) is 18.9 Å². The lowest BCUT2D eigenvalue weighted by molar-refractivity contribution is -0.140. The van der Waals surface area contributed by atoms with Crippen LogP contribution in [0.5, 0.6) is 0 Å². The first kappa shape index (κ1) is 20.3.